The summed E-state index contributed by atoms with van der Waals surface area (Å²) in [5, 5.41) is 10.8. The quantitative estimate of drug-likeness (QED) is 0.491. The van der Waals surface area contributed by atoms with Gasteiger partial charge >= 0.3 is 5.97 Å². The molecule has 0 radical (unpaired) electrons. The van der Waals surface area contributed by atoms with Gasteiger partial charge in [0.1, 0.15) is 0 Å². The summed E-state index contributed by atoms with van der Waals surface area (Å²) in [5.74, 6) is -0.664. The molecule has 10 heteroatoms. The third-order valence-corrected chi connectivity index (χ3v) is 4.66. The van der Waals surface area contributed by atoms with E-state index in [9.17, 15) is 23.3 Å². The molecule has 0 aliphatic rings. The van der Waals surface area contributed by atoms with Crippen molar-refractivity contribution < 1.29 is 22.9 Å². The van der Waals surface area contributed by atoms with Crippen molar-refractivity contribution in [3.63, 3.8) is 0 Å². The zero-order valence-electron chi connectivity index (χ0n) is 12.2. The predicted molar refractivity (Wildman–Crippen MR) is 86.7 cm³/mol. The van der Waals surface area contributed by atoms with Gasteiger partial charge in [-0.1, -0.05) is 17.7 Å². The van der Waals surface area contributed by atoms with Gasteiger partial charge in [0, 0.05) is 12.1 Å². The van der Waals surface area contributed by atoms with Crippen molar-refractivity contribution in [3.8, 4) is 0 Å². The lowest BCUT2D eigenvalue weighted by atomic mass is 10.2. The fourth-order valence-corrected chi connectivity index (χ4v) is 3.15. The number of benzene rings is 2. The minimum absolute atomic E-state index is 0.0499. The summed E-state index contributed by atoms with van der Waals surface area (Å²) in [6.45, 7) is 0. The number of nitro benzene ring substituents is 1. The lowest BCUT2D eigenvalue weighted by Crippen LogP contribution is -2.14. The molecule has 2 aromatic carbocycles. The zero-order chi connectivity index (χ0) is 17.9. The number of esters is 1. The highest BCUT2D eigenvalue weighted by Gasteiger charge is 2.20. The number of hydrogen-bond donors (Lipinski definition) is 1. The molecule has 0 atom stereocenters. The van der Waals surface area contributed by atoms with Gasteiger partial charge in [0.25, 0.3) is 15.7 Å². The molecular formula is C14H11ClN2O6S. The van der Waals surface area contributed by atoms with Crippen LogP contribution in [0.2, 0.25) is 5.02 Å². The number of rotatable bonds is 5. The highest BCUT2D eigenvalue weighted by Crippen LogP contribution is 2.27. The number of methoxy groups -OCH3 is 1. The van der Waals surface area contributed by atoms with Crippen LogP contribution in [0.5, 0.6) is 0 Å². The number of carbonyl (C=O) groups excluding carboxylic acids is 1. The van der Waals surface area contributed by atoms with Gasteiger partial charge in [-0.05, 0) is 24.3 Å². The smallest absolute Gasteiger partial charge is 0.337 e. The predicted octanol–water partition coefficient (Wildman–Crippen LogP) is 2.84. The number of hydrogen-bond acceptors (Lipinski definition) is 6. The number of sulfonamides is 1. The molecule has 0 aromatic heterocycles. The van der Waals surface area contributed by atoms with Crippen LogP contribution >= 0.6 is 11.6 Å². The van der Waals surface area contributed by atoms with Crippen LogP contribution in [0.4, 0.5) is 11.4 Å². The van der Waals surface area contributed by atoms with Gasteiger partial charge in [-0.3, -0.25) is 14.8 Å². The van der Waals surface area contributed by atoms with Gasteiger partial charge in [-0.2, -0.15) is 0 Å². The number of anilines is 1. The van der Waals surface area contributed by atoms with E-state index in [0.29, 0.717) is 0 Å². The Hall–Kier alpha value is -2.65. The Balaban J connectivity index is 2.41. The van der Waals surface area contributed by atoms with Crippen molar-refractivity contribution in [2.45, 2.75) is 4.90 Å². The SMILES string of the molecule is COC(=O)c1ccc(Cl)c(NS(=O)(=O)c2cccc([N+](=O)[O-])c2)c1. The van der Waals surface area contributed by atoms with Crippen LogP contribution in [0, 0.1) is 10.1 Å². The van der Waals surface area contributed by atoms with Gasteiger partial charge in [-0.15, -0.1) is 0 Å². The summed E-state index contributed by atoms with van der Waals surface area (Å²) < 4.78 is 31.5. The van der Waals surface area contributed by atoms with E-state index in [-0.39, 0.29) is 26.9 Å². The number of nitrogens with one attached hydrogen (secondary N) is 1. The molecule has 0 heterocycles. The molecule has 0 aliphatic heterocycles. The largest absolute Gasteiger partial charge is 0.465 e. The van der Waals surface area contributed by atoms with Crippen LogP contribution in [-0.4, -0.2) is 26.4 Å². The van der Waals surface area contributed by atoms with Gasteiger partial charge < -0.3 is 4.74 Å². The van der Waals surface area contributed by atoms with E-state index in [4.69, 9.17) is 11.6 Å². The number of carbonyl (C=O) groups is 1. The van der Waals surface area contributed by atoms with E-state index in [1.807, 2.05) is 0 Å². The molecular weight excluding hydrogens is 360 g/mol. The van der Waals surface area contributed by atoms with E-state index >= 15 is 0 Å². The molecule has 0 aliphatic carbocycles. The molecule has 0 spiro atoms. The first kappa shape index (κ1) is 17.7. The van der Waals surface area contributed by atoms with Crippen LogP contribution in [0.1, 0.15) is 10.4 Å². The molecule has 8 nitrogen and oxygen atoms in total. The van der Waals surface area contributed by atoms with Gasteiger partial charge in [0.2, 0.25) is 0 Å². The fraction of sp³-hybridized carbons (Fsp3) is 0.0714. The van der Waals surface area contributed by atoms with E-state index in [1.54, 1.807) is 0 Å². The van der Waals surface area contributed by atoms with Gasteiger partial charge in [0.15, 0.2) is 0 Å². The highest BCUT2D eigenvalue weighted by molar-refractivity contribution is 7.92. The number of halogens is 1. The molecule has 2 rings (SSSR count). The molecule has 0 bridgehead atoms. The third kappa shape index (κ3) is 3.81. The number of ether oxygens (including phenoxy) is 1. The van der Waals surface area contributed by atoms with Crippen LogP contribution in [0.3, 0.4) is 0 Å². The topological polar surface area (TPSA) is 116 Å². The minimum Gasteiger partial charge on any atom is -0.465 e. The normalized spacial score (nSPS) is 10.9. The van der Waals surface area contributed by atoms with Crippen molar-refractivity contribution in [2.75, 3.05) is 11.8 Å². The molecule has 2 aromatic rings. The maximum atomic E-state index is 12.4. The summed E-state index contributed by atoms with van der Waals surface area (Å²) in [6.07, 6.45) is 0. The Morgan fingerprint density at radius 3 is 2.58 bits per heavy atom. The Morgan fingerprint density at radius 1 is 1.25 bits per heavy atom. The molecule has 0 unspecified atom stereocenters. The summed E-state index contributed by atoms with van der Waals surface area (Å²) in [7, 11) is -2.95. The van der Waals surface area contributed by atoms with Crippen molar-refractivity contribution in [2.24, 2.45) is 0 Å². The second kappa shape index (κ2) is 6.85. The molecule has 0 saturated heterocycles. The summed E-state index contributed by atoms with van der Waals surface area (Å²) in [4.78, 5) is 21.3. The first-order valence-electron chi connectivity index (χ1n) is 6.40. The lowest BCUT2D eigenvalue weighted by molar-refractivity contribution is -0.385. The van der Waals surface area contributed by atoms with Crippen LogP contribution in [-0.2, 0) is 14.8 Å². The average Bonchev–Trinajstić information content (AvgIpc) is 2.56. The molecule has 0 amide bonds. The summed E-state index contributed by atoms with van der Waals surface area (Å²) in [6, 6.07) is 8.46. The molecule has 126 valence electrons. The Kier molecular flexibility index (Phi) is 5.05. The van der Waals surface area contributed by atoms with Crippen molar-refractivity contribution >= 4 is 39.0 Å². The lowest BCUT2D eigenvalue weighted by Gasteiger charge is -2.11. The minimum atomic E-state index is -4.13. The summed E-state index contributed by atoms with van der Waals surface area (Å²) >= 11 is 5.93. The molecule has 0 fully saturated rings. The van der Waals surface area contributed by atoms with Crippen molar-refractivity contribution in [1.82, 2.24) is 0 Å². The Labute approximate surface area is 142 Å². The monoisotopic (exact) mass is 370 g/mol. The van der Waals surface area contributed by atoms with E-state index < -0.39 is 20.9 Å². The zero-order valence-corrected chi connectivity index (χ0v) is 13.8. The molecule has 24 heavy (non-hydrogen) atoms. The van der Waals surface area contributed by atoms with Crippen LogP contribution < -0.4 is 4.72 Å². The third-order valence-electron chi connectivity index (χ3n) is 2.97. The van der Waals surface area contributed by atoms with E-state index in [1.165, 1.54) is 43.5 Å². The standard InChI is InChI=1S/C14H11ClN2O6S/c1-23-14(18)9-5-6-12(15)13(7-9)16-24(21,22)11-4-2-3-10(8-11)17(19)20/h2-8,16H,1H3. The molecule has 1 N–H and O–H groups in total. The number of nitro groups is 1. The summed E-state index contributed by atoms with van der Waals surface area (Å²) in [5.41, 5.74) is -0.322. The average molecular weight is 371 g/mol. The first-order valence-corrected chi connectivity index (χ1v) is 8.26. The molecule has 0 saturated carbocycles. The van der Waals surface area contributed by atoms with Crippen LogP contribution in [0.25, 0.3) is 0 Å². The van der Waals surface area contributed by atoms with Gasteiger partial charge in [0.05, 0.1) is 33.2 Å². The Bertz CT molecular complexity index is 913. The van der Waals surface area contributed by atoms with Crippen LogP contribution in [0.15, 0.2) is 47.4 Å². The Morgan fingerprint density at radius 2 is 1.96 bits per heavy atom. The second-order valence-electron chi connectivity index (χ2n) is 4.55. The maximum Gasteiger partial charge on any atom is 0.337 e. The second-order valence-corrected chi connectivity index (χ2v) is 6.64. The van der Waals surface area contributed by atoms with Crippen molar-refractivity contribution in [1.29, 1.82) is 0 Å². The first-order chi connectivity index (χ1) is 11.2. The van der Waals surface area contributed by atoms with Gasteiger partial charge in [-0.25, -0.2) is 13.2 Å². The fourth-order valence-electron chi connectivity index (χ4n) is 1.82. The highest BCUT2D eigenvalue weighted by atomic mass is 35.5. The number of nitrogens with zero attached hydrogens (tertiary/aromatic N) is 1. The maximum absolute atomic E-state index is 12.4. The van der Waals surface area contributed by atoms with Crippen molar-refractivity contribution in [3.05, 3.63) is 63.2 Å². The van der Waals surface area contributed by atoms with E-state index in [2.05, 4.69) is 9.46 Å². The van der Waals surface area contributed by atoms with E-state index in [0.717, 1.165) is 6.07 Å². The number of non-ortho nitro benzene ring substituents is 1.